The van der Waals surface area contributed by atoms with Crippen molar-refractivity contribution in [2.45, 2.75) is 70.6 Å². The number of nitrogens with two attached hydrogens (primary N) is 1. The molecule has 4 atom stereocenters. The molecule has 0 aliphatic carbocycles. The Labute approximate surface area is 198 Å². The third-order valence-electron chi connectivity index (χ3n) is 4.99. The lowest BCUT2D eigenvalue weighted by atomic mass is 10.0. The fourth-order valence-corrected chi connectivity index (χ4v) is 3.16. The minimum absolute atomic E-state index is 0.0492. The van der Waals surface area contributed by atoms with E-state index in [4.69, 9.17) is 10.8 Å². The van der Waals surface area contributed by atoms with E-state index in [2.05, 4.69) is 16.0 Å². The van der Waals surface area contributed by atoms with Crippen molar-refractivity contribution in [3.05, 3.63) is 35.9 Å². The maximum atomic E-state index is 12.7. The molecule has 11 nitrogen and oxygen atoms in total. The lowest BCUT2D eigenvalue weighted by molar-refractivity contribution is -0.142. The predicted octanol–water partition coefficient (Wildman–Crippen LogP) is 0.0262. The summed E-state index contributed by atoms with van der Waals surface area (Å²) in [6, 6.07) is 4.27. The topological polar surface area (TPSA) is 188 Å². The third-order valence-corrected chi connectivity index (χ3v) is 4.99. The first kappa shape index (κ1) is 28.6. The zero-order valence-electron chi connectivity index (χ0n) is 19.6. The van der Waals surface area contributed by atoms with Crippen LogP contribution in [0.5, 0.6) is 0 Å². The molecule has 0 saturated carbocycles. The number of carboxylic acid groups (broad SMARTS) is 2. The van der Waals surface area contributed by atoms with Gasteiger partial charge in [0.05, 0.1) is 6.04 Å². The average Bonchev–Trinajstić information content (AvgIpc) is 2.75. The van der Waals surface area contributed by atoms with E-state index in [0.29, 0.717) is 12.0 Å². The van der Waals surface area contributed by atoms with Gasteiger partial charge in [0.2, 0.25) is 17.7 Å². The summed E-state index contributed by atoms with van der Waals surface area (Å²) in [6.45, 7) is 5.11. The van der Waals surface area contributed by atoms with Gasteiger partial charge in [-0.25, -0.2) is 4.79 Å². The number of hydrogen-bond donors (Lipinski definition) is 6. The molecule has 0 fully saturated rings. The van der Waals surface area contributed by atoms with Crippen LogP contribution in [0.15, 0.2) is 30.3 Å². The van der Waals surface area contributed by atoms with Gasteiger partial charge in [0.15, 0.2) is 0 Å². The van der Waals surface area contributed by atoms with Crippen LogP contribution in [-0.2, 0) is 30.4 Å². The fraction of sp³-hybridized carbons (Fsp3) is 0.522. The molecule has 188 valence electrons. The standard InChI is InChI=1S/C23H34N4O7/c1-13(2)11-16(24)21(31)26-17(9-10-19(28)29)22(32)25-14(3)20(30)27-18(23(33)34)12-15-7-5-4-6-8-15/h4-8,13-14,16-18H,9-12,24H2,1-3H3,(H,25,32)(H,26,31)(H,27,30)(H,28,29)(H,33,34). The normalized spacial score (nSPS) is 14.4. The van der Waals surface area contributed by atoms with Crippen molar-refractivity contribution in [3.63, 3.8) is 0 Å². The summed E-state index contributed by atoms with van der Waals surface area (Å²) in [5.41, 5.74) is 6.55. The Morgan fingerprint density at radius 3 is 1.97 bits per heavy atom. The summed E-state index contributed by atoms with van der Waals surface area (Å²) < 4.78 is 0. The van der Waals surface area contributed by atoms with Crippen LogP contribution in [0.4, 0.5) is 0 Å². The molecule has 0 aliphatic heterocycles. The van der Waals surface area contributed by atoms with Gasteiger partial charge < -0.3 is 31.9 Å². The minimum atomic E-state index is -1.23. The second kappa shape index (κ2) is 13.9. The Balaban J connectivity index is 2.80. The van der Waals surface area contributed by atoms with Crippen LogP contribution in [0.3, 0.4) is 0 Å². The zero-order chi connectivity index (χ0) is 25.8. The van der Waals surface area contributed by atoms with Crippen LogP contribution >= 0.6 is 0 Å². The number of rotatable bonds is 14. The molecule has 0 heterocycles. The minimum Gasteiger partial charge on any atom is -0.481 e. The summed E-state index contributed by atoms with van der Waals surface area (Å²) in [6.07, 6.45) is -0.179. The Kier molecular flexibility index (Phi) is 11.7. The van der Waals surface area contributed by atoms with E-state index in [0.717, 1.165) is 0 Å². The molecule has 1 aromatic rings. The van der Waals surface area contributed by atoms with Gasteiger partial charge in [-0.15, -0.1) is 0 Å². The number of benzene rings is 1. The molecule has 0 saturated heterocycles. The Morgan fingerprint density at radius 1 is 0.853 bits per heavy atom. The number of carbonyl (C=O) groups excluding carboxylic acids is 3. The molecular weight excluding hydrogens is 444 g/mol. The fourth-order valence-electron chi connectivity index (χ4n) is 3.16. The lowest BCUT2D eigenvalue weighted by Crippen LogP contribution is -2.56. The lowest BCUT2D eigenvalue weighted by Gasteiger charge is -2.23. The average molecular weight is 479 g/mol. The van der Waals surface area contributed by atoms with E-state index in [9.17, 15) is 29.1 Å². The van der Waals surface area contributed by atoms with Gasteiger partial charge in [-0.05, 0) is 31.2 Å². The van der Waals surface area contributed by atoms with E-state index in [1.165, 1.54) is 6.92 Å². The maximum absolute atomic E-state index is 12.7. The number of carboxylic acids is 2. The number of carbonyl (C=O) groups is 5. The molecular formula is C23H34N4O7. The highest BCUT2D eigenvalue weighted by atomic mass is 16.4. The Bertz CT molecular complexity index is 860. The predicted molar refractivity (Wildman–Crippen MR) is 124 cm³/mol. The monoisotopic (exact) mass is 478 g/mol. The molecule has 34 heavy (non-hydrogen) atoms. The number of aliphatic carboxylic acids is 2. The summed E-state index contributed by atoms with van der Waals surface area (Å²) in [7, 11) is 0. The third kappa shape index (κ3) is 10.4. The smallest absolute Gasteiger partial charge is 0.326 e. The highest BCUT2D eigenvalue weighted by Gasteiger charge is 2.29. The molecule has 3 amide bonds. The van der Waals surface area contributed by atoms with Crippen LogP contribution in [0.1, 0.15) is 45.6 Å². The van der Waals surface area contributed by atoms with Crippen molar-refractivity contribution in [1.82, 2.24) is 16.0 Å². The van der Waals surface area contributed by atoms with Crippen molar-refractivity contribution in [2.75, 3.05) is 0 Å². The SMILES string of the molecule is CC(C)CC(N)C(=O)NC(CCC(=O)O)C(=O)NC(C)C(=O)NC(Cc1ccccc1)C(=O)O. The highest BCUT2D eigenvalue weighted by molar-refractivity contribution is 5.94. The van der Waals surface area contributed by atoms with Crippen LogP contribution in [-0.4, -0.2) is 64.0 Å². The maximum Gasteiger partial charge on any atom is 0.326 e. The van der Waals surface area contributed by atoms with Crippen LogP contribution in [0, 0.1) is 5.92 Å². The molecule has 4 unspecified atom stereocenters. The van der Waals surface area contributed by atoms with Gasteiger partial charge in [0.25, 0.3) is 0 Å². The quantitative estimate of drug-likeness (QED) is 0.216. The summed E-state index contributed by atoms with van der Waals surface area (Å²) in [5.74, 6) is -4.38. The van der Waals surface area contributed by atoms with Gasteiger partial charge in [-0.2, -0.15) is 0 Å². The van der Waals surface area contributed by atoms with Gasteiger partial charge in [0, 0.05) is 12.8 Å². The van der Waals surface area contributed by atoms with Crippen LogP contribution < -0.4 is 21.7 Å². The number of amides is 3. The van der Waals surface area contributed by atoms with Gasteiger partial charge in [-0.3, -0.25) is 19.2 Å². The van der Waals surface area contributed by atoms with E-state index >= 15 is 0 Å². The number of nitrogens with one attached hydrogen (secondary N) is 3. The van der Waals surface area contributed by atoms with Gasteiger partial charge in [-0.1, -0.05) is 44.2 Å². The Hall–Kier alpha value is -3.47. The van der Waals surface area contributed by atoms with Gasteiger partial charge >= 0.3 is 11.9 Å². The molecule has 1 aromatic carbocycles. The zero-order valence-corrected chi connectivity index (χ0v) is 19.6. The Morgan fingerprint density at radius 2 is 1.44 bits per heavy atom. The van der Waals surface area contributed by atoms with Crippen molar-refractivity contribution in [3.8, 4) is 0 Å². The summed E-state index contributed by atoms with van der Waals surface area (Å²) in [5, 5.41) is 25.7. The second-order valence-electron chi connectivity index (χ2n) is 8.55. The van der Waals surface area contributed by atoms with Crippen molar-refractivity contribution >= 4 is 29.7 Å². The number of hydrogen-bond acceptors (Lipinski definition) is 6. The van der Waals surface area contributed by atoms with Gasteiger partial charge in [0.1, 0.15) is 18.1 Å². The largest absolute Gasteiger partial charge is 0.481 e. The molecule has 0 spiro atoms. The highest BCUT2D eigenvalue weighted by Crippen LogP contribution is 2.06. The molecule has 7 N–H and O–H groups in total. The van der Waals surface area contributed by atoms with Crippen molar-refractivity contribution in [1.29, 1.82) is 0 Å². The second-order valence-corrected chi connectivity index (χ2v) is 8.55. The van der Waals surface area contributed by atoms with E-state index < -0.39 is 60.2 Å². The first-order valence-corrected chi connectivity index (χ1v) is 11.1. The van der Waals surface area contributed by atoms with E-state index in [-0.39, 0.29) is 18.8 Å². The molecule has 1 rings (SSSR count). The van der Waals surface area contributed by atoms with Crippen molar-refractivity contribution in [2.24, 2.45) is 11.7 Å². The summed E-state index contributed by atoms with van der Waals surface area (Å²) >= 11 is 0. The van der Waals surface area contributed by atoms with E-state index in [1.54, 1.807) is 30.3 Å². The van der Waals surface area contributed by atoms with Crippen molar-refractivity contribution < 1.29 is 34.2 Å². The summed E-state index contributed by atoms with van der Waals surface area (Å²) in [4.78, 5) is 60.1. The molecule has 0 bridgehead atoms. The molecule has 0 aromatic heterocycles. The first-order chi connectivity index (χ1) is 15.9. The molecule has 0 aliphatic rings. The van der Waals surface area contributed by atoms with E-state index in [1.807, 2.05) is 13.8 Å². The first-order valence-electron chi connectivity index (χ1n) is 11.1. The van der Waals surface area contributed by atoms with Crippen LogP contribution in [0.2, 0.25) is 0 Å². The van der Waals surface area contributed by atoms with Crippen LogP contribution in [0.25, 0.3) is 0 Å². The molecule has 11 heteroatoms. The molecule has 0 radical (unpaired) electrons.